The molecule has 2 heteroatoms. The molecular weight excluding hydrogens is 234 g/mol. The van der Waals surface area contributed by atoms with E-state index in [1.165, 1.54) is 18.4 Å². The van der Waals surface area contributed by atoms with Crippen LogP contribution >= 0.6 is 0 Å². The van der Waals surface area contributed by atoms with Gasteiger partial charge in [-0.2, -0.15) is 0 Å². The Hall–Kier alpha value is -1.54. The zero-order valence-electron chi connectivity index (χ0n) is 11.8. The van der Waals surface area contributed by atoms with Gasteiger partial charge in [-0.05, 0) is 31.0 Å². The van der Waals surface area contributed by atoms with Gasteiger partial charge in [0.2, 0.25) is 0 Å². The predicted octanol–water partition coefficient (Wildman–Crippen LogP) is 4.86. The summed E-state index contributed by atoms with van der Waals surface area (Å²) in [4.78, 5) is 0. The number of hydrogen-bond donors (Lipinski definition) is 1. The molecule has 1 N–H and O–H groups in total. The normalized spacial score (nSPS) is 14.2. The van der Waals surface area contributed by atoms with Crippen LogP contribution in [0.15, 0.2) is 53.1 Å². The third-order valence-electron chi connectivity index (χ3n) is 3.47. The molecule has 0 saturated heterocycles. The van der Waals surface area contributed by atoms with E-state index in [1.807, 2.05) is 12.1 Å². The summed E-state index contributed by atoms with van der Waals surface area (Å²) in [6, 6.07) is 15.3. The third-order valence-corrected chi connectivity index (χ3v) is 3.47. The highest BCUT2D eigenvalue weighted by atomic mass is 16.3. The first-order chi connectivity index (χ1) is 9.31. The Morgan fingerprint density at radius 3 is 2.53 bits per heavy atom. The number of unbranched alkanes of at least 4 members (excludes halogenated alkanes) is 1. The van der Waals surface area contributed by atoms with Gasteiger partial charge in [0.05, 0.1) is 12.3 Å². The van der Waals surface area contributed by atoms with Crippen LogP contribution in [0.4, 0.5) is 0 Å². The van der Waals surface area contributed by atoms with Crippen molar-refractivity contribution in [1.82, 2.24) is 5.32 Å². The Morgan fingerprint density at radius 1 is 1.11 bits per heavy atom. The highest BCUT2D eigenvalue weighted by Gasteiger charge is 2.16. The van der Waals surface area contributed by atoms with Crippen LogP contribution in [0.5, 0.6) is 0 Å². The maximum absolute atomic E-state index is 5.47. The summed E-state index contributed by atoms with van der Waals surface area (Å²) >= 11 is 0. The molecule has 0 fully saturated rings. The standard InChI is InChI=1S/C17H23NO/c1-3-4-11-16(15-9-6-5-7-10-15)18-14(2)17-12-8-13-19-17/h5-10,12-14,16,18H,3-4,11H2,1-2H3. The molecule has 1 aromatic heterocycles. The second-order valence-corrected chi connectivity index (χ2v) is 5.01. The molecule has 2 nitrogen and oxygen atoms in total. The van der Waals surface area contributed by atoms with Crippen molar-refractivity contribution < 1.29 is 4.42 Å². The third kappa shape index (κ3) is 3.97. The summed E-state index contributed by atoms with van der Waals surface area (Å²) in [5.41, 5.74) is 1.36. The van der Waals surface area contributed by atoms with Crippen LogP contribution in [-0.2, 0) is 0 Å². The Bertz CT molecular complexity index is 449. The summed E-state index contributed by atoms with van der Waals surface area (Å²) in [5, 5.41) is 3.68. The molecule has 2 rings (SSSR count). The Balaban J connectivity index is 2.05. The lowest BCUT2D eigenvalue weighted by Crippen LogP contribution is -2.24. The first-order valence-corrected chi connectivity index (χ1v) is 7.15. The van der Waals surface area contributed by atoms with Gasteiger partial charge in [0.25, 0.3) is 0 Å². The molecule has 2 aromatic rings. The lowest BCUT2D eigenvalue weighted by molar-refractivity contribution is 0.376. The van der Waals surface area contributed by atoms with Crippen molar-refractivity contribution in [2.24, 2.45) is 0 Å². The largest absolute Gasteiger partial charge is 0.468 e. The fourth-order valence-corrected chi connectivity index (χ4v) is 2.36. The molecular formula is C17H23NO. The predicted molar refractivity (Wildman–Crippen MR) is 79.0 cm³/mol. The lowest BCUT2D eigenvalue weighted by Gasteiger charge is -2.22. The number of hydrogen-bond acceptors (Lipinski definition) is 2. The minimum Gasteiger partial charge on any atom is -0.468 e. The van der Waals surface area contributed by atoms with Crippen molar-refractivity contribution in [2.75, 3.05) is 0 Å². The van der Waals surface area contributed by atoms with E-state index in [-0.39, 0.29) is 6.04 Å². The van der Waals surface area contributed by atoms with Gasteiger partial charge >= 0.3 is 0 Å². The molecule has 0 aliphatic heterocycles. The van der Waals surface area contributed by atoms with Crippen molar-refractivity contribution >= 4 is 0 Å². The molecule has 19 heavy (non-hydrogen) atoms. The molecule has 0 bridgehead atoms. The van der Waals surface area contributed by atoms with E-state index < -0.39 is 0 Å². The maximum Gasteiger partial charge on any atom is 0.120 e. The lowest BCUT2D eigenvalue weighted by atomic mass is 10.00. The summed E-state index contributed by atoms with van der Waals surface area (Å²) in [6.45, 7) is 4.39. The number of furan rings is 1. The molecule has 0 saturated carbocycles. The number of benzene rings is 1. The molecule has 0 spiro atoms. The zero-order chi connectivity index (χ0) is 13.5. The smallest absolute Gasteiger partial charge is 0.120 e. The summed E-state index contributed by atoms with van der Waals surface area (Å²) in [6.07, 6.45) is 5.35. The second-order valence-electron chi connectivity index (χ2n) is 5.01. The van der Waals surface area contributed by atoms with Crippen LogP contribution in [0, 0.1) is 0 Å². The SMILES string of the molecule is CCCCC(NC(C)c1ccco1)c1ccccc1. The molecule has 1 heterocycles. The van der Waals surface area contributed by atoms with Crippen molar-refractivity contribution in [3.63, 3.8) is 0 Å². The van der Waals surface area contributed by atoms with Crippen LogP contribution in [0.1, 0.15) is 56.5 Å². The highest BCUT2D eigenvalue weighted by Crippen LogP contribution is 2.24. The van der Waals surface area contributed by atoms with Gasteiger partial charge < -0.3 is 9.73 Å². The Morgan fingerprint density at radius 2 is 1.89 bits per heavy atom. The van der Waals surface area contributed by atoms with E-state index in [0.717, 1.165) is 12.2 Å². The van der Waals surface area contributed by atoms with Crippen LogP contribution in [-0.4, -0.2) is 0 Å². The van der Waals surface area contributed by atoms with Gasteiger partial charge in [0, 0.05) is 6.04 Å². The fraction of sp³-hybridized carbons (Fsp3) is 0.412. The molecule has 0 amide bonds. The maximum atomic E-state index is 5.47. The van der Waals surface area contributed by atoms with E-state index >= 15 is 0 Å². The first kappa shape index (κ1) is 13.9. The van der Waals surface area contributed by atoms with Gasteiger partial charge in [-0.25, -0.2) is 0 Å². The summed E-state index contributed by atoms with van der Waals surface area (Å²) in [5.74, 6) is 0.998. The van der Waals surface area contributed by atoms with E-state index in [0.29, 0.717) is 6.04 Å². The number of nitrogens with one attached hydrogen (secondary N) is 1. The first-order valence-electron chi connectivity index (χ1n) is 7.15. The van der Waals surface area contributed by atoms with Gasteiger partial charge in [-0.15, -0.1) is 0 Å². The molecule has 102 valence electrons. The minimum absolute atomic E-state index is 0.233. The van der Waals surface area contributed by atoms with Gasteiger partial charge in [0.15, 0.2) is 0 Å². The highest BCUT2D eigenvalue weighted by molar-refractivity contribution is 5.19. The molecule has 2 unspecified atom stereocenters. The quantitative estimate of drug-likeness (QED) is 0.766. The van der Waals surface area contributed by atoms with Crippen LogP contribution < -0.4 is 5.32 Å². The van der Waals surface area contributed by atoms with E-state index in [1.54, 1.807) is 6.26 Å². The number of rotatable bonds is 7. The second kappa shape index (κ2) is 7.15. The average molecular weight is 257 g/mol. The van der Waals surface area contributed by atoms with Crippen molar-refractivity contribution in [3.05, 3.63) is 60.1 Å². The van der Waals surface area contributed by atoms with E-state index in [4.69, 9.17) is 4.42 Å². The van der Waals surface area contributed by atoms with E-state index in [9.17, 15) is 0 Å². The molecule has 2 atom stereocenters. The molecule has 0 aliphatic carbocycles. The minimum atomic E-state index is 0.233. The monoisotopic (exact) mass is 257 g/mol. The van der Waals surface area contributed by atoms with Crippen molar-refractivity contribution in [2.45, 2.75) is 45.2 Å². The van der Waals surface area contributed by atoms with Gasteiger partial charge in [-0.3, -0.25) is 0 Å². The van der Waals surface area contributed by atoms with E-state index in [2.05, 4.69) is 49.5 Å². The van der Waals surface area contributed by atoms with Gasteiger partial charge in [-0.1, -0.05) is 50.1 Å². The molecule has 0 radical (unpaired) electrons. The average Bonchev–Trinajstić information content (AvgIpc) is 2.98. The summed E-state index contributed by atoms with van der Waals surface area (Å²) in [7, 11) is 0. The van der Waals surface area contributed by atoms with Crippen molar-refractivity contribution in [3.8, 4) is 0 Å². The topological polar surface area (TPSA) is 25.2 Å². The zero-order valence-corrected chi connectivity index (χ0v) is 11.8. The van der Waals surface area contributed by atoms with Crippen molar-refractivity contribution in [1.29, 1.82) is 0 Å². The Labute approximate surface area is 115 Å². The van der Waals surface area contributed by atoms with Gasteiger partial charge in [0.1, 0.15) is 5.76 Å². The summed E-state index contributed by atoms with van der Waals surface area (Å²) < 4.78 is 5.47. The van der Waals surface area contributed by atoms with Crippen LogP contribution in [0.25, 0.3) is 0 Å². The molecule has 0 aliphatic rings. The van der Waals surface area contributed by atoms with Crippen LogP contribution in [0.3, 0.4) is 0 Å². The Kier molecular flexibility index (Phi) is 5.22. The molecule has 1 aromatic carbocycles. The van der Waals surface area contributed by atoms with Crippen LogP contribution in [0.2, 0.25) is 0 Å². The fourth-order valence-electron chi connectivity index (χ4n) is 2.36.